The van der Waals surface area contributed by atoms with E-state index in [1.807, 2.05) is 22.7 Å². The molecule has 0 spiro atoms. The average Bonchev–Trinajstić information content (AvgIpc) is 1.44. The number of hydrogen-bond acceptors (Lipinski definition) is 8. The van der Waals surface area contributed by atoms with Crippen LogP contribution in [-0.4, -0.2) is 29.1 Å². The van der Waals surface area contributed by atoms with E-state index < -0.39 is 0 Å². The molecule has 10 heteroatoms. The quantitative estimate of drug-likeness (QED) is 0.161. The van der Waals surface area contributed by atoms with Crippen molar-refractivity contribution in [3.8, 4) is 45.5 Å². The first kappa shape index (κ1) is 60.2. The summed E-state index contributed by atoms with van der Waals surface area (Å²) in [6, 6.07) is 119. The predicted molar refractivity (Wildman–Crippen MR) is 466 cm³/mol. The monoisotopic (exact) mass is 1440 g/mol. The second kappa shape index (κ2) is 23.2. The number of nitrogens with zero attached hydrogens (tertiary/aromatic N) is 6. The molecule has 0 unspecified atom stereocenters. The van der Waals surface area contributed by atoms with Crippen LogP contribution in [-0.2, 0) is 0 Å². The molecule has 0 aliphatic rings. The highest BCUT2D eigenvalue weighted by molar-refractivity contribution is 7.28. The lowest BCUT2D eigenvalue weighted by Gasteiger charge is -2.15. The van der Waals surface area contributed by atoms with Gasteiger partial charge in [-0.3, -0.25) is 9.13 Å². The minimum absolute atomic E-state index is 0.681. The first-order valence-electron chi connectivity index (χ1n) is 36.4. The summed E-state index contributed by atoms with van der Waals surface area (Å²) >= 11 is 7.31. The van der Waals surface area contributed by atoms with Crippen molar-refractivity contribution in [2.45, 2.75) is 0 Å². The van der Waals surface area contributed by atoms with Gasteiger partial charge in [-0.25, -0.2) is 19.9 Å². The van der Waals surface area contributed by atoms with E-state index in [0.29, 0.717) is 11.9 Å². The molecule has 25 rings (SSSR count). The average molecular weight is 1440 g/mol. The van der Waals surface area contributed by atoms with Crippen molar-refractivity contribution in [3.05, 3.63) is 328 Å². The summed E-state index contributed by atoms with van der Waals surface area (Å²) in [6.07, 6.45) is 0. The SMILES string of the molecule is c1ccc(-c2cccc(-c3nc(-n4c5ccccc5c5c6c7ccccc7c7ccccc7c6c6c7ccccc7sc6c54)nc4c3sc3ccccc34)c2)cc1.c1ccc(-c2nc(-n3c4ccccc4c4c5c6ccccc6c6ccccc6c5c5c6ccccc6sc5c43)nc3c2sc2ccccc23)cc1. The minimum atomic E-state index is 0.681. The molecular weight excluding hydrogens is 1390 g/mol. The Labute approximate surface area is 631 Å². The van der Waals surface area contributed by atoms with Crippen molar-refractivity contribution in [2.24, 2.45) is 0 Å². The highest BCUT2D eigenvalue weighted by Crippen LogP contribution is 2.55. The number of aromatic nitrogens is 6. The Morgan fingerprint density at radius 2 is 0.491 bits per heavy atom. The van der Waals surface area contributed by atoms with Crippen LogP contribution in [0.3, 0.4) is 0 Å². The largest absolute Gasteiger partial charge is 0.276 e. The van der Waals surface area contributed by atoms with E-state index >= 15 is 0 Å². The van der Waals surface area contributed by atoms with Gasteiger partial charge in [-0.05, 0) is 96.7 Å². The molecule has 25 aromatic rings. The third kappa shape index (κ3) is 8.56. The zero-order valence-corrected chi connectivity index (χ0v) is 60.8. The standard InChI is InChI=1S/C52H29N3S2.C46H25N3S2/c1-2-15-30(16-3-1)31-17-14-18-32(29-31)47-51-48(39-25-10-13-28-42(39)57-51)54-52(53-47)55-40-26-11-8-23-37(40)45-43-35-21-6-4-19-33(35)34-20-5-7-22-36(34)44(43)46-38-24-9-12-27-41(38)56-50(46)49(45)55;1-2-14-26(15-3-1)41-45-42(33-22-10-13-25-36(33)51-45)48-46(47-41)49-34-23-11-8-20-31(34)39-37-29-18-6-4-16-27(29)28-17-5-7-19-30(28)38(37)40-32-21-9-12-24-35(32)50-44(40)43(39)49/h1-29H;1-25H. The zero-order chi connectivity index (χ0) is 70.4. The van der Waals surface area contributed by atoms with Crippen molar-refractivity contribution in [3.63, 3.8) is 0 Å². The number of fused-ring (bicyclic) bond motifs is 36. The summed E-state index contributed by atoms with van der Waals surface area (Å²) in [5, 5.41) is 27.7. The fraction of sp³-hybridized carbons (Fsp3) is 0. The van der Waals surface area contributed by atoms with Crippen LogP contribution in [0.15, 0.2) is 328 Å². The number of para-hydroxylation sites is 2. The normalized spacial score (nSPS) is 12.3. The second-order valence-corrected chi connectivity index (χ2v) is 32.3. The maximum absolute atomic E-state index is 5.66. The summed E-state index contributed by atoms with van der Waals surface area (Å²) in [5.41, 5.74) is 12.9. The van der Waals surface area contributed by atoms with Crippen LogP contribution >= 0.6 is 45.3 Å². The molecule has 0 bridgehead atoms. The maximum Gasteiger partial charge on any atom is 0.235 e. The van der Waals surface area contributed by atoms with Gasteiger partial charge in [0, 0.05) is 105 Å². The van der Waals surface area contributed by atoms with E-state index in [9.17, 15) is 0 Å². The molecule has 0 aliphatic carbocycles. The predicted octanol–water partition coefficient (Wildman–Crippen LogP) is 28.5. The van der Waals surface area contributed by atoms with Crippen molar-refractivity contribution in [1.82, 2.24) is 29.1 Å². The van der Waals surface area contributed by atoms with Crippen LogP contribution in [0.4, 0.5) is 0 Å². The summed E-state index contributed by atoms with van der Waals surface area (Å²) in [4.78, 5) is 22.3. The smallest absolute Gasteiger partial charge is 0.235 e. The van der Waals surface area contributed by atoms with Gasteiger partial charge in [0.1, 0.15) is 0 Å². The number of hydrogen-bond donors (Lipinski definition) is 0. The summed E-state index contributed by atoms with van der Waals surface area (Å²) in [5.74, 6) is 1.37. The number of thiophene rings is 4. The molecule has 108 heavy (non-hydrogen) atoms. The molecule has 6 nitrogen and oxygen atoms in total. The van der Waals surface area contributed by atoms with E-state index in [2.05, 4.69) is 337 Å². The van der Waals surface area contributed by atoms with Crippen LogP contribution in [0.2, 0.25) is 0 Å². The van der Waals surface area contributed by atoms with Crippen LogP contribution in [0, 0.1) is 0 Å². The molecule has 0 amide bonds. The summed E-state index contributed by atoms with van der Waals surface area (Å²) in [7, 11) is 0. The highest BCUT2D eigenvalue weighted by atomic mass is 32.1. The van der Waals surface area contributed by atoms with Crippen LogP contribution in [0.25, 0.3) is 235 Å². The zero-order valence-electron chi connectivity index (χ0n) is 57.5. The Hall–Kier alpha value is -13.1. The van der Waals surface area contributed by atoms with Gasteiger partial charge < -0.3 is 0 Å². The summed E-state index contributed by atoms with van der Waals surface area (Å²) in [6.45, 7) is 0. The van der Waals surface area contributed by atoms with Crippen LogP contribution < -0.4 is 0 Å². The molecule has 0 saturated carbocycles. The molecule has 8 heterocycles. The Morgan fingerprint density at radius 3 is 0.917 bits per heavy atom. The fourth-order valence-electron chi connectivity index (χ4n) is 17.9. The van der Waals surface area contributed by atoms with Gasteiger partial charge in [-0.15, -0.1) is 45.3 Å². The van der Waals surface area contributed by atoms with Gasteiger partial charge in [0.25, 0.3) is 0 Å². The first-order valence-corrected chi connectivity index (χ1v) is 39.7. The molecule has 0 fully saturated rings. The molecule has 0 N–H and O–H groups in total. The van der Waals surface area contributed by atoms with Crippen LogP contribution in [0.1, 0.15) is 0 Å². The molecule has 500 valence electrons. The third-order valence-electron chi connectivity index (χ3n) is 22.3. The lowest BCUT2D eigenvalue weighted by molar-refractivity contribution is 1.02. The maximum atomic E-state index is 5.66. The van der Waals surface area contributed by atoms with E-state index in [1.165, 1.54) is 147 Å². The second-order valence-electron chi connectivity index (χ2n) is 28.0. The fourth-order valence-corrected chi connectivity index (χ4v) is 22.7. The topological polar surface area (TPSA) is 61.4 Å². The van der Waals surface area contributed by atoms with Gasteiger partial charge in [0.15, 0.2) is 0 Å². The Bertz CT molecular complexity index is 8200. The van der Waals surface area contributed by atoms with E-state index in [-0.39, 0.29) is 0 Å². The molecular formula is C98H54N6S4. The first-order chi connectivity index (χ1) is 53.6. The van der Waals surface area contributed by atoms with Gasteiger partial charge in [-0.1, -0.05) is 285 Å². The van der Waals surface area contributed by atoms with E-state index in [4.69, 9.17) is 19.9 Å². The Morgan fingerprint density at radius 1 is 0.194 bits per heavy atom. The third-order valence-corrected chi connectivity index (χ3v) is 27.0. The lowest BCUT2D eigenvalue weighted by Crippen LogP contribution is -2.03. The van der Waals surface area contributed by atoms with Gasteiger partial charge in [0.2, 0.25) is 11.9 Å². The van der Waals surface area contributed by atoms with E-state index in [0.717, 1.165) is 75.8 Å². The highest BCUT2D eigenvalue weighted by Gasteiger charge is 2.30. The summed E-state index contributed by atoms with van der Waals surface area (Å²) < 4.78 is 14.4. The number of rotatable bonds is 5. The van der Waals surface area contributed by atoms with Crippen LogP contribution in [0.5, 0.6) is 0 Å². The van der Waals surface area contributed by atoms with Crippen molar-refractivity contribution >= 4 is 235 Å². The van der Waals surface area contributed by atoms with Crippen molar-refractivity contribution in [2.75, 3.05) is 0 Å². The Balaban J connectivity index is 0.000000128. The van der Waals surface area contributed by atoms with E-state index in [1.54, 1.807) is 22.7 Å². The molecule has 8 aromatic heterocycles. The van der Waals surface area contributed by atoms with Crippen molar-refractivity contribution in [1.29, 1.82) is 0 Å². The number of benzene rings is 17. The van der Waals surface area contributed by atoms with Gasteiger partial charge in [-0.2, -0.15) is 0 Å². The lowest BCUT2D eigenvalue weighted by atomic mass is 9.89. The molecule has 0 saturated heterocycles. The minimum Gasteiger partial charge on any atom is -0.276 e. The molecule has 0 atom stereocenters. The van der Waals surface area contributed by atoms with Gasteiger partial charge in [0.05, 0.1) is 63.3 Å². The molecule has 0 aliphatic heterocycles. The van der Waals surface area contributed by atoms with Crippen molar-refractivity contribution < 1.29 is 0 Å². The molecule has 17 aromatic carbocycles. The Kier molecular flexibility index (Phi) is 12.9. The van der Waals surface area contributed by atoms with Gasteiger partial charge >= 0.3 is 0 Å². The molecule has 0 radical (unpaired) electrons.